The van der Waals surface area contributed by atoms with Gasteiger partial charge in [0.15, 0.2) is 0 Å². The van der Waals surface area contributed by atoms with E-state index in [9.17, 15) is 4.79 Å². The van der Waals surface area contributed by atoms with E-state index in [2.05, 4.69) is 5.32 Å². The Balaban J connectivity index is 1.58. The molecule has 27 heavy (non-hydrogen) atoms. The normalized spacial score (nSPS) is 10.3. The van der Waals surface area contributed by atoms with Crippen LogP contribution in [0.5, 0.6) is 11.5 Å². The Kier molecular flexibility index (Phi) is 6.91. The number of hydrogen-bond donors (Lipinski definition) is 1. The Morgan fingerprint density at radius 2 is 1.59 bits per heavy atom. The number of carbonyl (C=O) groups excluding carboxylic acids is 1. The van der Waals surface area contributed by atoms with Crippen LogP contribution in [0.3, 0.4) is 0 Å². The van der Waals surface area contributed by atoms with Crippen LogP contribution in [0.2, 0.25) is 5.32 Å². The zero-order valence-electron chi connectivity index (χ0n) is 15.1. The molecule has 0 bridgehead atoms. The number of ether oxygens (including phenoxy) is 2. The first kappa shape index (κ1) is 19.0. The van der Waals surface area contributed by atoms with Crippen molar-refractivity contribution in [3.8, 4) is 11.5 Å². The van der Waals surface area contributed by atoms with E-state index in [1.807, 2.05) is 78.9 Å². The fourth-order valence-corrected chi connectivity index (χ4v) is 4.32. The first-order chi connectivity index (χ1) is 13.3. The molecule has 5 heteroatoms. The molecule has 0 fully saturated rings. The standard InChI is InChI=1S/C22H21NO3Se/c1-25-18-13-11-17(12-14-18)23-22(24)20-9-5-6-10-21(20)27-16-15-26-19-7-3-2-4-8-19/h2-14H,15-16H2,1H3,(H,23,24). The molecule has 0 aliphatic rings. The van der Waals surface area contributed by atoms with Gasteiger partial charge in [-0.1, -0.05) is 0 Å². The van der Waals surface area contributed by atoms with Crippen molar-refractivity contribution in [2.75, 3.05) is 19.0 Å². The van der Waals surface area contributed by atoms with E-state index >= 15 is 0 Å². The summed E-state index contributed by atoms with van der Waals surface area (Å²) in [4.78, 5) is 12.7. The SMILES string of the molecule is COc1ccc(NC(=O)c2ccccc2[Se]CCOc2ccccc2)cc1. The zero-order chi connectivity index (χ0) is 18.9. The molecule has 0 aromatic heterocycles. The summed E-state index contributed by atoms with van der Waals surface area (Å²) in [6.07, 6.45) is 0. The van der Waals surface area contributed by atoms with Crippen molar-refractivity contribution in [2.24, 2.45) is 0 Å². The number of methoxy groups -OCH3 is 1. The van der Waals surface area contributed by atoms with E-state index in [0.29, 0.717) is 12.2 Å². The van der Waals surface area contributed by atoms with Crippen molar-refractivity contribution in [1.29, 1.82) is 0 Å². The molecule has 138 valence electrons. The summed E-state index contributed by atoms with van der Waals surface area (Å²) in [5.74, 6) is 1.54. The summed E-state index contributed by atoms with van der Waals surface area (Å²) in [7, 11) is 1.62. The maximum atomic E-state index is 12.7. The monoisotopic (exact) mass is 427 g/mol. The fraction of sp³-hybridized carbons (Fsp3) is 0.136. The Hall–Kier alpha value is -2.75. The van der Waals surface area contributed by atoms with E-state index in [4.69, 9.17) is 9.47 Å². The van der Waals surface area contributed by atoms with Crippen LogP contribution in [0.4, 0.5) is 5.69 Å². The van der Waals surface area contributed by atoms with Gasteiger partial charge in [0.05, 0.1) is 0 Å². The third-order valence-electron chi connectivity index (χ3n) is 3.83. The Morgan fingerprint density at radius 3 is 2.33 bits per heavy atom. The molecule has 1 N–H and O–H groups in total. The number of amides is 1. The van der Waals surface area contributed by atoms with E-state index in [1.54, 1.807) is 7.11 Å². The van der Waals surface area contributed by atoms with E-state index in [1.165, 1.54) is 0 Å². The quantitative estimate of drug-likeness (QED) is 0.441. The van der Waals surface area contributed by atoms with Crippen LogP contribution in [0, 0.1) is 0 Å². The number of nitrogens with one attached hydrogen (secondary N) is 1. The van der Waals surface area contributed by atoms with Gasteiger partial charge in [-0.3, -0.25) is 0 Å². The molecule has 0 aliphatic carbocycles. The average molecular weight is 426 g/mol. The third kappa shape index (κ3) is 5.61. The number of hydrogen-bond acceptors (Lipinski definition) is 3. The predicted molar refractivity (Wildman–Crippen MR) is 110 cm³/mol. The minimum atomic E-state index is -0.0957. The summed E-state index contributed by atoms with van der Waals surface area (Å²) in [6.45, 7) is 0.637. The average Bonchev–Trinajstić information content (AvgIpc) is 2.73. The molecule has 0 heterocycles. The summed E-state index contributed by atoms with van der Waals surface area (Å²) in [6, 6.07) is 24.8. The second-order valence-corrected chi connectivity index (χ2v) is 8.07. The Labute approximate surface area is 165 Å². The molecule has 0 radical (unpaired) electrons. The van der Waals surface area contributed by atoms with Crippen LogP contribution < -0.4 is 19.3 Å². The van der Waals surface area contributed by atoms with Crippen LogP contribution in [-0.2, 0) is 0 Å². The molecule has 1 amide bonds. The summed E-state index contributed by atoms with van der Waals surface area (Å²) >= 11 is 0.155. The fourth-order valence-electron chi connectivity index (χ4n) is 2.48. The molecule has 3 aromatic carbocycles. The van der Waals surface area contributed by atoms with E-state index in [-0.39, 0.29) is 20.9 Å². The minimum absolute atomic E-state index is 0.0957. The van der Waals surface area contributed by atoms with Crippen molar-refractivity contribution in [2.45, 2.75) is 5.32 Å². The van der Waals surface area contributed by atoms with Gasteiger partial charge in [-0.05, 0) is 0 Å². The van der Waals surface area contributed by atoms with Crippen molar-refractivity contribution < 1.29 is 14.3 Å². The van der Waals surface area contributed by atoms with Gasteiger partial charge in [0, 0.05) is 0 Å². The van der Waals surface area contributed by atoms with Crippen molar-refractivity contribution >= 4 is 31.0 Å². The predicted octanol–water partition coefficient (Wildman–Crippen LogP) is 3.77. The Bertz CT molecular complexity index is 866. The third-order valence-corrected chi connectivity index (χ3v) is 6.01. The van der Waals surface area contributed by atoms with Crippen LogP contribution in [0.15, 0.2) is 78.9 Å². The molecule has 0 spiro atoms. The molecular formula is C22H21NO3Se. The second kappa shape index (κ2) is 9.81. The van der Waals surface area contributed by atoms with Gasteiger partial charge in [0.2, 0.25) is 0 Å². The summed E-state index contributed by atoms with van der Waals surface area (Å²) < 4.78 is 12.0. The first-order valence-corrected chi connectivity index (χ1v) is 10.7. The number of rotatable bonds is 8. The van der Waals surface area contributed by atoms with Crippen LogP contribution in [0.25, 0.3) is 0 Å². The Morgan fingerprint density at radius 1 is 0.889 bits per heavy atom. The molecule has 0 saturated heterocycles. The van der Waals surface area contributed by atoms with Gasteiger partial charge in [-0.15, -0.1) is 0 Å². The van der Waals surface area contributed by atoms with Gasteiger partial charge in [0.1, 0.15) is 0 Å². The molecule has 0 unspecified atom stereocenters. The van der Waals surface area contributed by atoms with Gasteiger partial charge < -0.3 is 0 Å². The second-order valence-electron chi connectivity index (χ2n) is 5.69. The summed E-state index contributed by atoms with van der Waals surface area (Å²) in [5.41, 5.74) is 1.46. The number of anilines is 1. The molecule has 3 aromatic rings. The zero-order valence-corrected chi connectivity index (χ0v) is 16.8. The maximum absolute atomic E-state index is 12.7. The van der Waals surface area contributed by atoms with E-state index < -0.39 is 0 Å². The van der Waals surface area contributed by atoms with E-state index in [0.717, 1.165) is 27.0 Å². The van der Waals surface area contributed by atoms with Crippen LogP contribution in [0.1, 0.15) is 10.4 Å². The van der Waals surface area contributed by atoms with Crippen molar-refractivity contribution in [3.63, 3.8) is 0 Å². The van der Waals surface area contributed by atoms with Gasteiger partial charge in [-0.2, -0.15) is 0 Å². The number of para-hydroxylation sites is 1. The van der Waals surface area contributed by atoms with Crippen molar-refractivity contribution in [1.82, 2.24) is 0 Å². The summed E-state index contributed by atoms with van der Waals surface area (Å²) in [5, 5.41) is 3.85. The molecule has 3 rings (SSSR count). The van der Waals surface area contributed by atoms with Gasteiger partial charge in [-0.25, -0.2) is 0 Å². The van der Waals surface area contributed by atoms with Crippen LogP contribution in [-0.4, -0.2) is 34.6 Å². The molecular weight excluding hydrogens is 405 g/mol. The van der Waals surface area contributed by atoms with Crippen molar-refractivity contribution in [3.05, 3.63) is 84.4 Å². The van der Waals surface area contributed by atoms with Gasteiger partial charge in [0.25, 0.3) is 0 Å². The number of carbonyl (C=O) groups is 1. The molecule has 0 aliphatic heterocycles. The molecule has 0 saturated carbocycles. The van der Waals surface area contributed by atoms with Crippen LogP contribution >= 0.6 is 0 Å². The topological polar surface area (TPSA) is 47.6 Å². The molecule has 0 atom stereocenters. The number of benzene rings is 3. The molecule has 4 nitrogen and oxygen atoms in total. The first-order valence-electron chi connectivity index (χ1n) is 8.61. The van der Waals surface area contributed by atoms with Gasteiger partial charge >= 0.3 is 166 Å².